The number of nitriles is 1. The van der Waals surface area contributed by atoms with Crippen LogP contribution in [0.2, 0.25) is 5.02 Å². The third-order valence-corrected chi connectivity index (χ3v) is 6.17. The maximum Gasteiger partial charge on any atom is 0.336 e. The number of carbonyl (C=O) groups excluding carboxylic acids is 1. The van der Waals surface area contributed by atoms with Crippen LogP contribution < -0.4 is 5.69 Å². The Morgan fingerprint density at radius 1 is 1.36 bits per heavy atom. The second-order valence-corrected chi connectivity index (χ2v) is 8.87. The van der Waals surface area contributed by atoms with Crippen molar-refractivity contribution in [3.8, 4) is 17.6 Å². The number of likely N-dealkylation sites (tertiary alicyclic amines) is 1. The number of carbonyl (C=O) groups is 1. The Morgan fingerprint density at radius 3 is 2.64 bits per heavy atom. The van der Waals surface area contributed by atoms with Crippen molar-refractivity contribution in [2.45, 2.75) is 46.2 Å². The maximum absolute atomic E-state index is 13.1. The molecule has 2 bridgehead atoms. The van der Waals surface area contributed by atoms with Crippen LogP contribution in [0.1, 0.15) is 56.1 Å². The van der Waals surface area contributed by atoms with Gasteiger partial charge in [-0.05, 0) is 31.0 Å². The minimum Gasteiger partial charge on any atom is -0.493 e. The van der Waals surface area contributed by atoms with E-state index in [9.17, 15) is 14.7 Å². The van der Waals surface area contributed by atoms with E-state index in [0.717, 1.165) is 0 Å². The molecule has 0 aliphatic carbocycles. The van der Waals surface area contributed by atoms with Crippen LogP contribution in [0.15, 0.2) is 16.9 Å². The molecule has 146 valence electrons. The van der Waals surface area contributed by atoms with Crippen molar-refractivity contribution in [3.63, 3.8) is 0 Å². The lowest BCUT2D eigenvalue weighted by Crippen LogP contribution is -2.43. The summed E-state index contributed by atoms with van der Waals surface area (Å²) in [5, 5.41) is 20.3. The molecule has 1 aromatic heterocycles. The zero-order valence-corrected chi connectivity index (χ0v) is 16.9. The number of amides is 1. The highest BCUT2D eigenvalue weighted by molar-refractivity contribution is 6.32. The minimum atomic E-state index is -0.537. The van der Waals surface area contributed by atoms with Gasteiger partial charge in [0.15, 0.2) is 0 Å². The molecular weight excluding hydrogens is 380 g/mol. The molecule has 1 amide bonds. The zero-order valence-electron chi connectivity index (χ0n) is 16.2. The minimum absolute atomic E-state index is 0.00319. The highest BCUT2D eigenvalue weighted by Gasteiger charge is 2.50. The van der Waals surface area contributed by atoms with E-state index in [0.29, 0.717) is 35.5 Å². The van der Waals surface area contributed by atoms with E-state index in [1.165, 1.54) is 10.6 Å². The number of imidazole rings is 1. The number of halogens is 1. The van der Waals surface area contributed by atoms with Gasteiger partial charge in [-0.3, -0.25) is 9.36 Å². The largest absolute Gasteiger partial charge is 0.493 e. The van der Waals surface area contributed by atoms with Crippen LogP contribution in [-0.2, 0) is 4.79 Å². The SMILES string of the molecule is Cc1c(-n2c(O)c3n(c2=O)C2CC3N(C(=O)C(C)(C)C)C2)ccc(C#N)c1Cl. The molecule has 28 heavy (non-hydrogen) atoms. The van der Waals surface area contributed by atoms with Gasteiger partial charge >= 0.3 is 5.69 Å². The van der Waals surface area contributed by atoms with E-state index in [4.69, 9.17) is 16.9 Å². The van der Waals surface area contributed by atoms with Crippen molar-refractivity contribution in [2.75, 3.05) is 6.54 Å². The summed E-state index contributed by atoms with van der Waals surface area (Å²) in [4.78, 5) is 27.7. The molecular formula is C20H21ClN4O3. The maximum atomic E-state index is 13.1. The molecule has 0 spiro atoms. The average Bonchev–Trinajstić information content (AvgIpc) is 3.28. The Hall–Kier alpha value is -2.72. The number of rotatable bonds is 1. The molecule has 2 aliphatic rings. The van der Waals surface area contributed by atoms with Gasteiger partial charge in [0.05, 0.1) is 28.4 Å². The quantitative estimate of drug-likeness (QED) is 0.796. The highest BCUT2D eigenvalue weighted by atomic mass is 35.5. The molecule has 1 N–H and O–H groups in total. The topological polar surface area (TPSA) is 91.3 Å². The molecule has 1 fully saturated rings. The summed E-state index contributed by atoms with van der Waals surface area (Å²) in [5.74, 6) is -0.170. The van der Waals surface area contributed by atoms with Crippen molar-refractivity contribution in [3.05, 3.63) is 44.5 Å². The molecule has 1 saturated heterocycles. The molecule has 3 heterocycles. The highest BCUT2D eigenvalue weighted by Crippen LogP contribution is 2.49. The molecule has 0 radical (unpaired) electrons. The summed E-state index contributed by atoms with van der Waals surface area (Å²) >= 11 is 6.25. The Kier molecular flexibility index (Phi) is 3.92. The zero-order chi connectivity index (χ0) is 20.5. The summed E-state index contributed by atoms with van der Waals surface area (Å²) in [5.41, 5.74) is 0.860. The monoisotopic (exact) mass is 400 g/mol. The fourth-order valence-corrected chi connectivity index (χ4v) is 4.52. The van der Waals surface area contributed by atoms with Gasteiger partial charge in [0, 0.05) is 12.0 Å². The van der Waals surface area contributed by atoms with Crippen molar-refractivity contribution in [2.24, 2.45) is 5.41 Å². The van der Waals surface area contributed by atoms with Crippen LogP contribution >= 0.6 is 11.6 Å². The average molecular weight is 401 g/mol. The number of aromatic hydroxyl groups is 1. The normalized spacial score (nSPS) is 20.4. The fourth-order valence-electron chi connectivity index (χ4n) is 4.32. The number of fused-ring (bicyclic) bond motifs is 5. The molecule has 4 rings (SSSR count). The predicted octanol–water partition coefficient (Wildman–Crippen LogP) is 3.05. The first-order valence-electron chi connectivity index (χ1n) is 9.14. The number of nitrogens with zero attached hydrogens (tertiary/aromatic N) is 4. The number of hydrogen-bond donors (Lipinski definition) is 1. The van der Waals surface area contributed by atoms with E-state index in [2.05, 4.69) is 0 Å². The lowest BCUT2D eigenvalue weighted by Gasteiger charge is -2.32. The predicted molar refractivity (Wildman–Crippen MR) is 104 cm³/mol. The molecule has 2 atom stereocenters. The van der Waals surface area contributed by atoms with Gasteiger partial charge in [0.25, 0.3) is 0 Å². The third kappa shape index (κ3) is 2.34. The standard InChI is InChI=1S/C20H21ClN4O3/c1-10-13(6-5-11(8-22)15(10)21)25-17(26)16-14-7-12(24(16)19(25)28)9-23(14)18(27)20(2,3)4/h5-6,12,14,26H,7,9H2,1-4H3. The Morgan fingerprint density at radius 2 is 2.04 bits per heavy atom. The van der Waals surface area contributed by atoms with Crippen LogP contribution in [0, 0.1) is 23.7 Å². The van der Waals surface area contributed by atoms with Gasteiger partial charge in [0.1, 0.15) is 11.8 Å². The van der Waals surface area contributed by atoms with E-state index < -0.39 is 5.41 Å². The van der Waals surface area contributed by atoms with Crippen molar-refractivity contribution in [1.82, 2.24) is 14.0 Å². The van der Waals surface area contributed by atoms with E-state index in [1.54, 1.807) is 22.5 Å². The van der Waals surface area contributed by atoms with Gasteiger partial charge in [-0.15, -0.1) is 0 Å². The lowest BCUT2D eigenvalue weighted by molar-refractivity contribution is -0.141. The second kappa shape index (κ2) is 5.89. The number of benzene rings is 1. The van der Waals surface area contributed by atoms with Gasteiger partial charge < -0.3 is 10.0 Å². The smallest absolute Gasteiger partial charge is 0.336 e. The molecule has 2 aliphatic heterocycles. The van der Waals surface area contributed by atoms with Crippen LogP contribution in [0.5, 0.6) is 5.88 Å². The molecule has 2 aromatic rings. The summed E-state index contributed by atoms with van der Waals surface area (Å²) in [6.45, 7) is 7.76. The van der Waals surface area contributed by atoms with E-state index in [-0.39, 0.29) is 34.6 Å². The van der Waals surface area contributed by atoms with Crippen molar-refractivity contribution < 1.29 is 9.90 Å². The van der Waals surface area contributed by atoms with Crippen LogP contribution in [-0.4, -0.2) is 31.6 Å². The summed E-state index contributed by atoms with van der Waals surface area (Å²) in [7, 11) is 0. The number of hydrogen-bond acceptors (Lipinski definition) is 4. The summed E-state index contributed by atoms with van der Waals surface area (Å²) < 4.78 is 2.82. The first kappa shape index (κ1) is 18.6. The van der Waals surface area contributed by atoms with Crippen molar-refractivity contribution in [1.29, 1.82) is 5.26 Å². The van der Waals surface area contributed by atoms with Gasteiger partial charge in [-0.1, -0.05) is 32.4 Å². The molecule has 1 aromatic carbocycles. The van der Waals surface area contributed by atoms with E-state index in [1.807, 2.05) is 26.8 Å². The third-order valence-electron chi connectivity index (χ3n) is 5.68. The van der Waals surface area contributed by atoms with Gasteiger partial charge in [-0.25, -0.2) is 9.36 Å². The molecule has 8 heteroatoms. The van der Waals surface area contributed by atoms with Gasteiger partial charge in [-0.2, -0.15) is 5.26 Å². The Bertz CT molecular complexity index is 1120. The van der Waals surface area contributed by atoms with Crippen LogP contribution in [0.4, 0.5) is 0 Å². The summed E-state index contributed by atoms with van der Waals surface area (Å²) in [6, 6.07) is 4.67. The first-order valence-corrected chi connectivity index (χ1v) is 9.52. The Labute approximate surface area is 167 Å². The van der Waals surface area contributed by atoms with E-state index >= 15 is 0 Å². The fraction of sp³-hybridized carbons (Fsp3) is 0.450. The molecule has 0 saturated carbocycles. The molecule has 7 nitrogen and oxygen atoms in total. The van der Waals surface area contributed by atoms with Crippen LogP contribution in [0.25, 0.3) is 5.69 Å². The molecule has 2 unspecified atom stereocenters. The number of aromatic nitrogens is 2. The second-order valence-electron chi connectivity index (χ2n) is 8.49. The Balaban J connectivity index is 1.86. The van der Waals surface area contributed by atoms with Crippen molar-refractivity contribution >= 4 is 17.5 Å². The van der Waals surface area contributed by atoms with Crippen LogP contribution in [0.3, 0.4) is 0 Å². The first-order chi connectivity index (χ1) is 13.1. The lowest BCUT2D eigenvalue weighted by atomic mass is 9.94. The van der Waals surface area contributed by atoms with Gasteiger partial charge in [0.2, 0.25) is 11.8 Å². The summed E-state index contributed by atoms with van der Waals surface area (Å²) in [6.07, 6.45) is 0.633.